The first kappa shape index (κ1) is 14.0. The third-order valence-electron chi connectivity index (χ3n) is 2.77. The summed E-state index contributed by atoms with van der Waals surface area (Å²) in [5.74, 6) is -0.120. The van der Waals surface area contributed by atoms with E-state index < -0.39 is 0 Å². The number of nitrogen functional groups attached to an aromatic ring is 1. The molecule has 4 N–H and O–H groups in total. The Morgan fingerprint density at radius 2 is 2.15 bits per heavy atom. The van der Waals surface area contributed by atoms with Crippen molar-refractivity contribution in [2.24, 2.45) is 0 Å². The Balaban J connectivity index is 1.88. The zero-order valence-corrected chi connectivity index (χ0v) is 10.9. The van der Waals surface area contributed by atoms with E-state index in [1.165, 1.54) is 11.0 Å². The average Bonchev–Trinajstić information content (AvgIpc) is 2.84. The summed E-state index contributed by atoms with van der Waals surface area (Å²) < 4.78 is 1.35. The number of aliphatic hydroxyl groups excluding tert-OH is 1. The number of amides is 1. The van der Waals surface area contributed by atoms with E-state index in [-0.39, 0.29) is 31.0 Å². The van der Waals surface area contributed by atoms with Crippen molar-refractivity contribution < 1.29 is 9.90 Å². The number of nitrogens with one attached hydrogen (secondary N) is 1. The Morgan fingerprint density at radius 1 is 1.40 bits per heavy atom. The molecule has 2 aromatic rings. The number of carbonyl (C=O) groups excluding carboxylic acids is 1. The third kappa shape index (κ3) is 4.06. The fourth-order valence-corrected chi connectivity index (χ4v) is 1.87. The second-order valence-electron chi connectivity index (χ2n) is 4.44. The number of benzene rings is 1. The fraction of sp³-hybridized carbons (Fsp3) is 0.308. The number of anilines is 1. The predicted octanol–water partition coefficient (Wildman–Crippen LogP) is -0.420. The van der Waals surface area contributed by atoms with Gasteiger partial charge in [0.15, 0.2) is 0 Å². The van der Waals surface area contributed by atoms with Crippen molar-refractivity contribution in [2.45, 2.75) is 19.0 Å². The van der Waals surface area contributed by atoms with E-state index in [0.29, 0.717) is 6.42 Å². The molecule has 0 spiro atoms. The second-order valence-corrected chi connectivity index (χ2v) is 4.44. The van der Waals surface area contributed by atoms with Gasteiger partial charge in [0.25, 0.3) is 0 Å². The third-order valence-corrected chi connectivity index (χ3v) is 2.77. The van der Waals surface area contributed by atoms with Crippen LogP contribution in [0.4, 0.5) is 5.95 Å². The van der Waals surface area contributed by atoms with Crippen molar-refractivity contribution in [3.8, 4) is 0 Å². The summed E-state index contributed by atoms with van der Waals surface area (Å²) in [7, 11) is 0. The molecule has 2 rings (SSSR count). The molecule has 1 heterocycles. The summed E-state index contributed by atoms with van der Waals surface area (Å²) in [4.78, 5) is 15.6. The van der Waals surface area contributed by atoms with Crippen LogP contribution in [0, 0.1) is 0 Å². The smallest absolute Gasteiger partial charge is 0.242 e. The molecule has 1 aromatic heterocycles. The summed E-state index contributed by atoms with van der Waals surface area (Å²) >= 11 is 0. The molecule has 0 aliphatic carbocycles. The molecule has 0 fully saturated rings. The minimum atomic E-state index is -0.328. The van der Waals surface area contributed by atoms with Crippen LogP contribution < -0.4 is 11.1 Å². The second kappa shape index (κ2) is 6.67. The van der Waals surface area contributed by atoms with Gasteiger partial charge in [-0.05, 0) is 12.0 Å². The number of hydrogen-bond donors (Lipinski definition) is 3. The van der Waals surface area contributed by atoms with Gasteiger partial charge in [0, 0.05) is 0 Å². The summed E-state index contributed by atoms with van der Waals surface area (Å²) in [6.07, 6.45) is 1.96. The van der Waals surface area contributed by atoms with Gasteiger partial charge < -0.3 is 16.2 Å². The molecular formula is C13H17N5O2. The van der Waals surface area contributed by atoms with Crippen LogP contribution in [0.15, 0.2) is 36.7 Å². The molecule has 0 unspecified atom stereocenters. The maximum Gasteiger partial charge on any atom is 0.242 e. The lowest BCUT2D eigenvalue weighted by Gasteiger charge is -2.16. The summed E-state index contributed by atoms with van der Waals surface area (Å²) in [6.45, 7) is -0.102. The summed E-state index contributed by atoms with van der Waals surface area (Å²) in [6, 6.07) is 9.34. The van der Waals surface area contributed by atoms with Crippen molar-refractivity contribution in [1.29, 1.82) is 0 Å². The standard InChI is InChI=1S/C13H17N5O2/c14-13-15-9-18(17-13)7-12(20)16-11(8-19)6-10-4-2-1-3-5-10/h1-5,9,11,19H,6-8H2,(H2,14,17)(H,16,20)/t11-/m1/s1. The number of carbonyl (C=O) groups is 1. The Kier molecular flexibility index (Phi) is 4.67. The molecule has 0 aliphatic rings. The van der Waals surface area contributed by atoms with Gasteiger partial charge in [0.1, 0.15) is 12.9 Å². The van der Waals surface area contributed by atoms with Crippen LogP contribution in [0.25, 0.3) is 0 Å². The van der Waals surface area contributed by atoms with Gasteiger partial charge in [0.05, 0.1) is 12.6 Å². The number of rotatable bonds is 6. The maximum absolute atomic E-state index is 11.8. The van der Waals surface area contributed by atoms with Gasteiger partial charge in [-0.1, -0.05) is 30.3 Å². The van der Waals surface area contributed by atoms with Gasteiger partial charge in [-0.3, -0.25) is 4.79 Å². The lowest BCUT2D eigenvalue weighted by Crippen LogP contribution is -2.40. The van der Waals surface area contributed by atoms with E-state index in [1.54, 1.807) is 0 Å². The number of nitrogens with zero attached hydrogens (tertiary/aromatic N) is 3. The van der Waals surface area contributed by atoms with Gasteiger partial charge in [-0.15, -0.1) is 5.10 Å². The Hall–Kier alpha value is -2.41. The monoisotopic (exact) mass is 275 g/mol. The van der Waals surface area contributed by atoms with Crippen molar-refractivity contribution in [3.05, 3.63) is 42.2 Å². The maximum atomic E-state index is 11.8. The van der Waals surface area contributed by atoms with Crippen LogP contribution in [0.2, 0.25) is 0 Å². The van der Waals surface area contributed by atoms with Gasteiger partial charge in [-0.25, -0.2) is 9.67 Å². The minimum Gasteiger partial charge on any atom is -0.394 e. The van der Waals surface area contributed by atoms with E-state index in [9.17, 15) is 9.90 Å². The first-order valence-corrected chi connectivity index (χ1v) is 6.26. The highest BCUT2D eigenvalue weighted by atomic mass is 16.3. The molecule has 106 valence electrons. The van der Waals surface area contributed by atoms with Crippen molar-refractivity contribution >= 4 is 11.9 Å². The predicted molar refractivity (Wildman–Crippen MR) is 73.6 cm³/mol. The van der Waals surface area contributed by atoms with E-state index in [4.69, 9.17) is 5.73 Å². The van der Waals surface area contributed by atoms with Crippen molar-refractivity contribution in [1.82, 2.24) is 20.1 Å². The summed E-state index contributed by atoms with van der Waals surface area (Å²) in [5.41, 5.74) is 6.42. The van der Waals surface area contributed by atoms with Gasteiger partial charge in [0.2, 0.25) is 11.9 Å². The average molecular weight is 275 g/mol. The van der Waals surface area contributed by atoms with E-state index >= 15 is 0 Å². The molecule has 7 heteroatoms. The molecule has 0 radical (unpaired) electrons. The molecule has 20 heavy (non-hydrogen) atoms. The van der Waals surface area contributed by atoms with Gasteiger partial charge in [-0.2, -0.15) is 0 Å². The van der Waals surface area contributed by atoms with Crippen LogP contribution in [-0.2, 0) is 17.8 Å². The summed E-state index contributed by atoms with van der Waals surface area (Å²) in [5, 5.41) is 15.9. The number of aliphatic hydroxyl groups is 1. The molecule has 7 nitrogen and oxygen atoms in total. The van der Waals surface area contributed by atoms with E-state index in [1.807, 2.05) is 30.3 Å². The lowest BCUT2D eigenvalue weighted by molar-refractivity contribution is -0.122. The highest BCUT2D eigenvalue weighted by Crippen LogP contribution is 2.03. The normalized spacial score (nSPS) is 12.1. The zero-order chi connectivity index (χ0) is 14.4. The van der Waals surface area contributed by atoms with Crippen molar-refractivity contribution in [2.75, 3.05) is 12.3 Å². The van der Waals surface area contributed by atoms with E-state index in [0.717, 1.165) is 5.56 Å². The molecule has 1 aromatic carbocycles. The van der Waals surface area contributed by atoms with Crippen LogP contribution in [0.5, 0.6) is 0 Å². The Bertz CT molecular complexity index is 555. The van der Waals surface area contributed by atoms with Crippen molar-refractivity contribution in [3.63, 3.8) is 0 Å². The molecule has 0 bridgehead atoms. The molecule has 1 atom stereocenters. The molecular weight excluding hydrogens is 258 g/mol. The number of nitrogens with two attached hydrogens (primary N) is 1. The first-order valence-electron chi connectivity index (χ1n) is 6.26. The highest BCUT2D eigenvalue weighted by molar-refractivity contribution is 5.76. The SMILES string of the molecule is Nc1ncn(CC(=O)N[C@@H](CO)Cc2ccccc2)n1. The largest absolute Gasteiger partial charge is 0.394 e. The fourth-order valence-electron chi connectivity index (χ4n) is 1.87. The van der Waals surface area contributed by atoms with E-state index in [2.05, 4.69) is 15.4 Å². The molecule has 0 saturated heterocycles. The number of aromatic nitrogens is 3. The zero-order valence-electron chi connectivity index (χ0n) is 10.9. The number of hydrogen-bond acceptors (Lipinski definition) is 5. The Morgan fingerprint density at radius 3 is 2.75 bits per heavy atom. The Labute approximate surface area is 116 Å². The first-order chi connectivity index (χ1) is 9.67. The van der Waals surface area contributed by atoms with Crippen LogP contribution >= 0.6 is 0 Å². The molecule has 0 saturated carbocycles. The van der Waals surface area contributed by atoms with Crippen LogP contribution in [0.3, 0.4) is 0 Å². The lowest BCUT2D eigenvalue weighted by atomic mass is 10.1. The topological polar surface area (TPSA) is 106 Å². The molecule has 1 amide bonds. The quantitative estimate of drug-likeness (QED) is 0.664. The highest BCUT2D eigenvalue weighted by Gasteiger charge is 2.13. The van der Waals surface area contributed by atoms with Gasteiger partial charge >= 0.3 is 0 Å². The van der Waals surface area contributed by atoms with Crippen LogP contribution in [-0.4, -0.2) is 38.4 Å². The minimum absolute atomic E-state index is 0.0233. The van der Waals surface area contributed by atoms with Crippen LogP contribution in [0.1, 0.15) is 5.56 Å². The molecule has 0 aliphatic heterocycles.